The molecule has 3 N–H and O–H groups in total. The monoisotopic (exact) mass is 527 g/mol. The summed E-state index contributed by atoms with van der Waals surface area (Å²) in [7, 11) is 1.51. The maximum Gasteiger partial charge on any atom is 0.417 e. The average Bonchev–Trinajstić information content (AvgIpc) is 3.33. The summed E-state index contributed by atoms with van der Waals surface area (Å²) in [6, 6.07) is 12.3. The number of aliphatic hydroxyl groups is 1. The second-order valence-electron chi connectivity index (χ2n) is 8.17. The smallest absolute Gasteiger partial charge is 0.395 e. The first kappa shape index (κ1) is 26.5. The lowest BCUT2D eigenvalue weighted by Crippen LogP contribution is -2.26. The summed E-state index contributed by atoms with van der Waals surface area (Å²) in [4.78, 5) is 29.9. The summed E-state index contributed by atoms with van der Waals surface area (Å²) >= 11 is 0. The standard InChI is InChI=1S/C26H21F4N5O3/c1-35-9-7-21(34-35)17-12-18(20(27)13-19(17)26(28,29)30)25(38)33-22-11-16(24(37)31-8-10-36)14-32-23(22)15-5-3-2-4-6-15/h2-7,9,11-14,36H,8,10H2,1H3,(H,31,37)(H,33,38). The van der Waals surface area contributed by atoms with E-state index in [1.54, 1.807) is 30.3 Å². The third kappa shape index (κ3) is 5.70. The van der Waals surface area contributed by atoms with Gasteiger partial charge in [0.2, 0.25) is 0 Å². The Morgan fingerprint density at radius 3 is 2.42 bits per heavy atom. The molecule has 12 heteroatoms. The van der Waals surface area contributed by atoms with Gasteiger partial charge in [-0.15, -0.1) is 0 Å². The highest BCUT2D eigenvalue weighted by atomic mass is 19.4. The van der Waals surface area contributed by atoms with Crippen molar-refractivity contribution in [3.63, 3.8) is 0 Å². The van der Waals surface area contributed by atoms with E-state index < -0.39 is 40.5 Å². The fourth-order valence-electron chi connectivity index (χ4n) is 3.72. The number of alkyl halides is 3. The van der Waals surface area contributed by atoms with Crippen molar-refractivity contribution in [2.24, 2.45) is 7.05 Å². The highest BCUT2D eigenvalue weighted by Gasteiger charge is 2.36. The Kier molecular flexibility index (Phi) is 7.53. The van der Waals surface area contributed by atoms with Crippen LogP contribution in [0.25, 0.3) is 22.5 Å². The van der Waals surface area contributed by atoms with Crippen LogP contribution in [0, 0.1) is 5.82 Å². The number of pyridine rings is 1. The Labute approximate surface area is 213 Å². The number of aliphatic hydroxyl groups excluding tert-OH is 1. The van der Waals surface area contributed by atoms with Gasteiger partial charge in [0.05, 0.1) is 40.4 Å². The lowest BCUT2D eigenvalue weighted by Gasteiger charge is -2.16. The highest BCUT2D eigenvalue weighted by molar-refractivity contribution is 6.07. The molecule has 2 heterocycles. The zero-order chi connectivity index (χ0) is 27.4. The molecule has 2 amide bonds. The van der Waals surface area contributed by atoms with Crippen molar-refractivity contribution in [2.75, 3.05) is 18.5 Å². The quantitative estimate of drug-likeness (QED) is 0.311. The normalized spacial score (nSPS) is 11.3. The topological polar surface area (TPSA) is 109 Å². The molecule has 2 aromatic heterocycles. The van der Waals surface area contributed by atoms with Crippen LogP contribution in [0.2, 0.25) is 0 Å². The van der Waals surface area contributed by atoms with Gasteiger partial charge in [0.15, 0.2) is 0 Å². The number of amides is 2. The Hall–Kier alpha value is -4.58. The molecule has 0 saturated carbocycles. The number of anilines is 1. The molecule has 0 radical (unpaired) electrons. The fraction of sp³-hybridized carbons (Fsp3) is 0.154. The Morgan fingerprint density at radius 1 is 1.05 bits per heavy atom. The molecule has 0 bridgehead atoms. The van der Waals surface area contributed by atoms with Gasteiger partial charge in [-0.1, -0.05) is 30.3 Å². The number of rotatable bonds is 7. The van der Waals surface area contributed by atoms with E-state index in [0.717, 1.165) is 6.07 Å². The van der Waals surface area contributed by atoms with Gasteiger partial charge in [0.25, 0.3) is 11.8 Å². The number of halogens is 4. The van der Waals surface area contributed by atoms with Crippen LogP contribution in [0.4, 0.5) is 23.2 Å². The molecule has 0 atom stereocenters. The SMILES string of the molecule is Cn1ccc(-c2cc(C(=O)Nc3cc(C(=O)NCCO)cnc3-c3ccccc3)c(F)cc2C(F)(F)F)n1. The number of nitrogens with one attached hydrogen (secondary N) is 2. The molecule has 4 aromatic rings. The molecule has 0 aliphatic heterocycles. The van der Waals surface area contributed by atoms with E-state index in [4.69, 9.17) is 5.11 Å². The third-order valence-corrected chi connectivity index (χ3v) is 5.49. The minimum Gasteiger partial charge on any atom is -0.395 e. The maximum absolute atomic E-state index is 14.9. The van der Waals surface area contributed by atoms with E-state index in [2.05, 4.69) is 20.7 Å². The molecule has 0 aliphatic rings. The number of carbonyl (C=O) groups is 2. The number of hydrogen-bond donors (Lipinski definition) is 3. The van der Waals surface area contributed by atoms with Crippen LogP contribution in [0.5, 0.6) is 0 Å². The number of hydrogen-bond acceptors (Lipinski definition) is 5. The average molecular weight is 527 g/mol. The molecule has 196 valence electrons. The second kappa shape index (κ2) is 10.8. The second-order valence-corrected chi connectivity index (χ2v) is 8.17. The van der Waals surface area contributed by atoms with Crippen LogP contribution < -0.4 is 10.6 Å². The summed E-state index contributed by atoms with van der Waals surface area (Å²) in [6.07, 6.45) is -2.21. The number of nitrogens with zero attached hydrogens (tertiary/aromatic N) is 3. The molecular weight excluding hydrogens is 506 g/mol. The van der Waals surface area contributed by atoms with E-state index in [1.165, 1.54) is 36.3 Å². The molecule has 0 saturated heterocycles. The van der Waals surface area contributed by atoms with Gasteiger partial charge < -0.3 is 15.7 Å². The van der Waals surface area contributed by atoms with Gasteiger partial charge in [-0.25, -0.2) is 4.39 Å². The van der Waals surface area contributed by atoms with Crippen molar-refractivity contribution in [3.05, 3.63) is 89.5 Å². The summed E-state index contributed by atoms with van der Waals surface area (Å²) in [6.45, 7) is -0.315. The van der Waals surface area contributed by atoms with Crippen molar-refractivity contribution in [2.45, 2.75) is 6.18 Å². The summed E-state index contributed by atoms with van der Waals surface area (Å²) < 4.78 is 57.3. The van der Waals surface area contributed by atoms with Crippen LogP contribution in [0.15, 0.2) is 67.0 Å². The minimum atomic E-state index is -4.90. The first-order chi connectivity index (χ1) is 18.1. The molecule has 2 aromatic carbocycles. The zero-order valence-electron chi connectivity index (χ0n) is 19.9. The molecule has 38 heavy (non-hydrogen) atoms. The molecule has 8 nitrogen and oxygen atoms in total. The van der Waals surface area contributed by atoms with E-state index in [0.29, 0.717) is 5.56 Å². The van der Waals surface area contributed by atoms with Crippen molar-refractivity contribution < 1.29 is 32.3 Å². The first-order valence-electron chi connectivity index (χ1n) is 11.2. The molecule has 0 unspecified atom stereocenters. The predicted octanol–water partition coefficient (Wildman–Crippen LogP) is 4.28. The molecule has 0 spiro atoms. The van der Waals surface area contributed by atoms with Gasteiger partial charge in [-0.2, -0.15) is 18.3 Å². The lowest BCUT2D eigenvalue weighted by atomic mass is 9.99. The van der Waals surface area contributed by atoms with Gasteiger partial charge >= 0.3 is 6.18 Å². The Balaban J connectivity index is 1.78. The van der Waals surface area contributed by atoms with E-state index in [1.807, 2.05) is 0 Å². The van der Waals surface area contributed by atoms with Crippen molar-refractivity contribution in [3.8, 4) is 22.5 Å². The highest BCUT2D eigenvalue weighted by Crippen LogP contribution is 2.38. The zero-order valence-corrected chi connectivity index (χ0v) is 19.9. The molecular formula is C26H21F4N5O3. The van der Waals surface area contributed by atoms with Crippen molar-refractivity contribution in [1.82, 2.24) is 20.1 Å². The summed E-state index contributed by atoms with van der Waals surface area (Å²) in [5.74, 6) is -3.03. The third-order valence-electron chi connectivity index (χ3n) is 5.49. The van der Waals surface area contributed by atoms with Crippen LogP contribution in [-0.4, -0.2) is 44.8 Å². The number of carbonyl (C=O) groups excluding carboxylic acids is 2. The largest absolute Gasteiger partial charge is 0.417 e. The minimum absolute atomic E-state index is 0.0198. The Morgan fingerprint density at radius 2 is 1.79 bits per heavy atom. The fourth-order valence-corrected chi connectivity index (χ4v) is 3.72. The number of benzene rings is 2. The predicted molar refractivity (Wildman–Crippen MR) is 131 cm³/mol. The number of aryl methyl sites for hydroxylation is 1. The van der Waals surface area contributed by atoms with Crippen LogP contribution in [0.3, 0.4) is 0 Å². The molecule has 0 aliphatic carbocycles. The van der Waals surface area contributed by atoms with E-state index in [-0.39, 0.29) is 41.9 Å². The van der Waals surface area contributed by atoms with Crippen LogP contribution in [0.1, 0.15) is 26.3 Å². The first-order valence-corrected chi connectivity index (χ1v) is 11.2. The molecule has 4 rings (SSSR count). The van der Waals surface area contributed by atoms with Crippen molar-refractivity contribution in [1.29, 1.82) is 0 Å². The maximum atomic E-state index is 14.9. The van der Waals surface area contributed by atoms with Crippen LogP contribution >= 0.6 is 0 Å². The van der Waals surface area contributed by atoms with Gasteiger partial charge in [0, 0.05) is 37.1 Å². The molecule has 0 fully saturated rings. The van der Waals surface area contributed by atoms with E-state index >= 15 is 0 Å². The van der Waals surface area contributed by atoms with Crippen molar-refractivity contribution >= 4 is 17.5 Å². The van der Waals surface area contributed by atoms with Gasteiger partial charge in [-0.05, 0) is 24.3 Å². The summed E-state index contributed by atoms with van der Waals surface area (Å²) in [5.41, 5.74) is -1.63. The lowest BCUT2D eigenvalue weighted by molar-refractivity contribution is -0.137. The van der Waals surface area contributed by atoms with E-state index in [9.17, 15) is 27.2 Å². The van der Waals surface area contributed by atoms with Gasteiger partial charge in [0.1, 0.15) is 5.82 Å². The number of aromatic nitrogens is 3. The summed E-state index contributed by atoms with van der Waals surface area (Å²) in [5, 5.41) is 17.9. The van der Waals surface area contributed by atoms with Gasteiger partial charge in [-0.3, -0.25) is 19.3 Å². The Bertz CT molecular complexity index is 1490. The van der Waals surface area contributed by atoms with Crippen LogP contribution in [-0.2, 0) is 13.2 Å².